The molecule has 2 fully saturated rings. The van der Waals surface area contributed by atoms with E-state index in [1.54, 1.807) is 10.9 Å². The monoisotopic (exact) mass is 468 g/mol. The lowest BCUT2D eigenvalue weighted by Crippen LogP contribution is -2.40. The highest BCUT2D eigenvalue weighted by Gasteiger charge is 2.39. The van der Waals surface area contributed by atoms with Gasteiger partial charge in [0.15, 0.2) is 5.82 Å². The quantitative estimate of drug-likeness (QED) is 0.518. The molecule has 0 saturated heterocycles. The fourth-order valence-electron chi connectivity index (χ4n) is 4.56. The van der Waals surface area contributed by atoms with E-state index in [0.29, 0.717) is 12.5 Å². The van der Waals surface area contributed by atoms with Crippen molar-refractivity contribution in [2.45, 2.75) is 57.0 Å². The van der Waals surface area contributed by atoms with Crippen LogP contribution in [0.3, 0.4) is 0 Å². The van der Waals surface area contributed by atoms with Gasteiger partial charge in [0, 0.05) is 23.7 Å². The van der Waals surface area contributed by atoms with Crippen LogP contribution in [-0.2, 0) is 16.9 Å². The summed E-state index contributed by atoms with van der Waals surface area (Å²) in [5.41, 5.74) is 6.30. The summed E-state index contributed by atoms with van der Waals surface area (Å²) in [5, 5.41) is 21.1. The fourth-order valence-corrected chi connectivity index (χ4v) is 4.76. The van der Waals surface area contributed by atoms with Crippen molar-refractivity contribution >= 4 is 29.2 Å². The molecule has 1 heterocycles. The summed E-state index contributed by atoms with van der Waals surface area (Å²) < 4.78 is 1.70. The van der Waals surface area contributed by atoms with Gasteiger partial charge in [-0.1, -0.05) is 29.8 Å². The Balaban J connectivity index is 1.42. The molecule has 2 aromatic rings. The van der Waals surface area contributed by atoms with Gasteiger partial charge in [-0.15, -0.1) is 0 Å². The molecule has 4 rings (SSSR count). The largest absolute Gasteiger partial charge is 0.365 e. The Morgan fingerprint density at radius 1 is 1.24 bits per heavy atom. The number of amides is 2. The molecule has 0 aliphatic heterocycles. The highest BCUT2D eigenvalue weighted by Crippen LogP contribution is 2.40. The van der Waals surface area contributed by atoms with Crippen LogP contribution in [0.25, 0.3) is 0 Å². The van der Waals surface area contributed by atoms with Crippen molar-refractivity contribution in [3.8, 4) is 6.07 Å². The molecular weight excluding hydrogens is 440 g/mol. The van der Waals surface area contributed by atoms with E-state index in [1.807, 2.05) is 24.3 Å². The standard InChI is InChI=1S/C24H29ClN6O2/c25-20-4-2-1-3-18(20)14-28-13-16-7-9-24(10-8-16,11-12-26)31-15-19(21(27)32)22(30-31)29-23(33)17-5-6-17/h1-4,15-17,28H,5-11,13-14H2,(H2,27,32)(H,29,30,33). The Morgan fingerprint density at radius 2 is 1.97 bits per heavy atom. The maximum atomic E-state index is 12.2. The minimum absolute atomic E-state index is 0.0161. The average molecular weight is 469 g/mol. The second-order valence-electron chi connectivity index (χ2n) is 9.19. The number of hydrogen-bond donors (Lipinski definition) is 3. The molecule has 9 heteroatoms. The number of primary amides is 1. The third-order valence-electron chi connectivity index (χ3n) is 6.81. The maximum absolute atomic E-state index is 12.2. The van der Waals surface area contributed by atoms with Crippen LogP contribution in [-0.4, -0.2) is 28.1 Å². The number of nitriles is 1. The van der Waals surface area contributed by atoms with Gasteiger partial charge >= 0.3 is 0 Å². The van der Waals surface area contributed by atoms with Gasteiger partial charge in [-0.05, 0) is 62.6 Å². The zero-order chi connectivity index (χ0) is 23.4. The number of aromatic nitrogens is 2. The molecule has 2 aliphatic rings. The van der Waals surface area contributed by atoms with Gasteiger partial charge in [-0.2, -0.15) is 10.4 Å². The average Bonchev–Trinajstić information content (AvgIpc) is 3.56. The third-order valence-corrected chi connectivity index (χ3v) is 7.17. The molecule has 0 unspecified atom stereocenters. The molecule has 33 heavy (non-hydrogen) atoms. The van der Waals surface area contributed by atoms with E-state index in [4.69, 9.17) is 17.3 Å². The molecule has 8 nitrogen and oxygen atoms in total. The van der Waals surface area contributed by atoms with E-state index < -0.39 is 11.4 Å². The van der Waals surface area contributed by atoms with Gasteiger partial charge in [-0.25, -0.2) is 0 Å². The van der Waals surface area contributed by atoms with Gasteiger partial charge in [-0.3, -0.25) is 14.3 Å². The van der Waals surface area contributed by atoms with Crippen molar-refractivity contribution < 1.29 is 9.59 Å². The maximum Gasteiger partial charge on any atom is 0.254 e. The summed E-state index contributed by atoms with van der Waals surface area (Å²) in [6, 6.07) is 10.1. The Kier molecular flexibility index (Phi) is 7.01. The summed E-state index contributed by atoms with van der Waals surface area (Å²) in [6.45, 7) is 1.58. The van der Waals surface area contributed by atoms with Crippen LogP contribution in [0.5, 0.6) is 0 Å². The number of halogens is 1. The summed E-state index contributed by atoms with van der Waals surface area (Å²) in [5.74, 6) is -0.125. The lowest BCUT2D eigenvalue weighted by molar-refractivity contribution is -0.117. The molecule has 0 bridgehead atoms. The Morgan fingerprint density at radius 3 is 2.61 bits per heavy atom. The van der Waals surface area contributed by atoms with Gasteiger partial charge in [0.05, 0.1) is 18.0 Å². The first kappa shape index (κ1) is 23.3. The lowest BCUT2D eigenvalue weighted by Gasteiger charge is -2.39. The fraction of sp³-hybridized carbons (Fsp3) is 0.500. The van der Waals surface area contributed by atoms with E-state index in [1.165, 1.54) is 0 Å². The van der Waals surface area contributed by atoms with E-state index in [0.717, 1.165) is 55.7 Å². The van der Waals surface area contributed by atoms with Crippen LogP contribution in [0.4, 0.5) is 5.82 Å². The molecule has 0 radical (unpaired) electrons. The predicted molar refractivity (Wildman–Crippen MR) is 125 cm³/mol. The van der Waals surface area contributed by atoms with E-state index in [-0.39, 0.29) is 29.6 Å². The highest BCUT2D eigenvalue weighted by atomic mass is 35.5. The normalized spacial score (nSPS) is 22.5. The molecule has 2 saturated carbocycles. The number of carbonyl (C=O) groups excluding carboxylic acids is 2. The Bertz CT molecular complexity index is 1060. The number of rotatable bonds is 9. The Hall–Kier alpha value is -2.89. The first-order valence-corrected chi connectivity index (χ1v) is 11.8. The van der Waals surface area contributed by atoms with Crippen LogP contribution < -0.4 is 16.4 Å². The van der Waals surface area contributed by atoms with Crippen molar-refractivity contribution in [3.05, 3.63) is 46.6 Å². The molecule has 4 N–H and O–H groups in total. The number of carbonyl (C=O) groups is 2. The lowest BCUT2D eigenvalue weighted by atomic mass is 9.75. The highest BCUT2D eigenvalue weighted by molar-refractivity contribution is 6.31. The molecule has 1 aromatic carbocycles. The minimum Gasteiger partial charge on any atom is -0.365 e. The molecule has 2 aliphatic carbocycles. The van der Waals surface area contributed by atoms with Crippen LogP contribution >= 0.6 is 11.6 Å². The van der Waals surface area contributed by atoms with Crippen molar-refractivity contribution in [2.75, 3.05) is 11.9 Å². The number of hydrogen-bond acceptors (Lipinski definition) is 5. The molecule has 0 spiro atoms. The van der Waals surface area contributed by atoms with E-state index >= 15 is 0 Å². The summed E-state index contributed by atoms with van der Waals surface area (Å²) in [7, 11) is 0. The number of nitrogens with zero attached hydrogens (tertiary/aromatic N) is 3. The van der Waals surface area contributed by atoms with E-state index in [9.17, 15) is 14.9 Å². The van der Waals surface area contributed by atoms with Crippen molar-refractivity contribution in [1.82, 2.24) is 15.1 Å². The Labute approximate surface area is 198 Å². The zero-order valence-electron chi connectivity index (χ0n) is 18.5. The summed E-state index contributed by atoms with van der Waals surface area (Å²) in [4.78, 5) is 24.2. The van der Waals surface area contributed by atoms with Crippen molar-refractivity contribution in [3.63, 3.8) is 0 Å². The molecule has 0 atom stereocenters. The third kappa shape index (κ3) is 5.37. The number of anilines is 1. The number of benzene rings is 1. The second kappa shape index (κ2) is 9.94. The van der Waals surface area contributed by atoms with Gasteiger partial charge in [0.2, 0.25) is 5.91 Å². The summed E-state index contributed by atoms with van der Waals surface area (Å²) in [6.07, 6.45) is 6.94. The molecular formula is C24H29ClN6O2. The van der Waals surface area contributed by atoms with Crippen molar-refractivity contribution in [2.24, 2.45) is 17.6 Å². The second-order valence-corrected chi connectivity index (χ2v) is 9.60. The number of nitrogens with one attached hydrogen (secondary N) is 2. The first-order valence-electron chi connectivity index (χ1n) is 11.4. The van der Waals surface area contributed by atoms with Crippen LogP contribution in [0.1, 0.15) is 60.9 Å². The molecule has 174 valence electrons. The number of nitrogens with two attached hydrogens (primary N) is 1. The van der Waals surface area contributed by atoms with Gasteiger partial charge in [0.1, 0.15) is 5.56 Å². The van der Waals surface area contributed by atoms with E-state index in [2.05, 4.69) is 21.8 Å². The van der Waals surface area contributed by atoms with Crippen LogP contribution in [0.15, 0.2) is 30.5 Å². The zero-order valence-corrected chi connectivity index (χ0v) is 19.3. The van der Waals surface area contributed by atoms with Crippen LogP contribution in [0.2, 0.25) is 5.02 Å². The SMILES string of the molecule is N#CCC1(n2cc(C(N)=O)c(NC(=O)C3CC3)n2)CCC(CNCc2ccccc2Cl)CC1. The van der Waals surface area contributed by atoms with Crippen LogP contribution in [0, 0.1) is 23.2 Å². The van der Waals surface area contributed by atoms with Crippen molar-refractivity contribution in [1.29, 1.82) is 5.26 Å². The molecule has 1 aromatic heterocycles. The van der Waals surface area contributed by atoms with Gasteiger partial charge < -0.3 is 16.4 Å². The molecule has 2 amide bonds. The topological polar surface area (TPSA) is 126 Å². The smallest absolute Gasteiger partial charge is 0.254 e. The summed E-state index contributed by atoms with van der Waals surface area (Å²) >= 11 is 6.24. The van der Waals surface area contributed by atoms with Gasteiger partial charge in [0.25, 0.3) is 5.91 Å². The minimum atomic E-state index is -0.642. The first-order chi connectivity index (χ1) is 15.9. The predicted octanol–water partition coefficient (Wildman–Crippen LogP) is 3.57.